The molecule has 0 heterocycles. The molecule has 0 aliphatic carbocycles. The summed E-state index contributed by atoms with van der Waals surface area (Å²) in [5.41, 5.74) is -0.0226. The van der Waals surface area contributed by atoms with Gasteiger partial charge in [-0.1, -0.05) is 18.2 Å². The minimum absolute atomic E-state index is 0.180. The van der Waals surface area contributed by atoms with Crippen molar-refractivity contribution in [2.75, 3.05) is 0 Å². The molecular formula is C13H15FN2O. The molecule has 17 heavy (non-hydrogen) atoms. The largest absolute Gasteiger partial charge is 0.350 e. The van der Waals surface area contributed by atoms with Crippen LogP contribution in [0.3, 0.4) is 0 Å². The van der Waals surface area contributed by atoms with E-state index in [1.165, 1.54) is 6.07 Å². The van der Waals surface area contributed by atoms with Gasteiger partial charge < -0.3 is 5.32 Å². The fraction of sp³-hybridized carbons (Fsp3) is 0.385. The van der Waals surface area contributed by atoms with Gasteiger partial charge >= 0.3 is 0 Å². The standard InChI is InChI=1S/C13H15FN2O/c1-13(2,16-12(17)7-8-15)9-10-5-3-4-6-11(10)14/h3-6H,7,9H2,1-2H3,(H,16,17). The predicted octanol–water partition coefficient (Wildman–Crippen LogP) is 2.18. The van der Waals surface area contributed by atoms with E-state index in [0.717, 1.165) is 0 Å². The maximum atomic E-state index is 13.4. The first kappa shape index (κ1) is 13.2. The summed E-state index contributed by atoms with van der Waals surface area (Å²) in [6.07, 6.45) is 0.206. The molecule has 3 nitrogen and oxygen atoms in total. The van der Waals surface area contributed by atoms with Crippen LogP contribution in [0.1, 0.15) is 25.8 Å². The molecule has 0 aliphatic rings. The van der Waals surface area contributed by atoms with Gasteiger partial charge in [0.05, 0.1) is 6.07 Å². The average Bonchev–Trinajstić information content (AvgIpc) is 2.20. The topological polar surface area (TPSA) is 52.9 Å². The lowest BCUT2D eigenvalue weighted by Crippen LogP contribution is -2.45. The van der Waals surface area contributed by atoms with E-state index in [-0.39, 0.29) is 18.1 Å². The summed E-state index contributed by atoms with van der Waals surface area (Å²) in [6, 6.07) is 8.24. The van der Waals surface area contributed by atoms with E-state index in [1.54, 1.807) is 38.1 Å². The van der Waals surface area contributed by atoms with Crippen molar-refractivity contribution in [1.29, 1.82) is 5.26 Å². The molecule has 4 heteroatoms. The zero-order valence-electron chi connectivity index (χ0n) is 9.96. The number of nitrogens with one attached hydrogen (secondary N) is 1. The van der Waals surface area contributed by atoms with E-state index in [4.69, 9.17) is 5.26 Å². The van der Waals surface area contributed by atoms with Crippen molar-refractivity contribution in [2.24, 2.45) is 0 Å². The maximum Gasteiger partial charge on any atom is 0.234 e. The van der Waals surface area contributed by atoms with Crippen LogP contribution in [-0.4, -0.2) is 11.4 Å². The van der Waals surface area contributed by atoms with E-state index in [9.17, 15) is 9.18 Å². The van der Waals surface area contributed by atoms with Gasteiger partial charge in [0.15, 0.2) is 0 Å². The van der Waals surface area contributed by atoms with Crippen molar-refractivity contribution in [2.45, 2.75) is 32.2 Å². The van der Waals surface area contributed by atoms with Gasteiger partial charge in [0.25, 0.3) is 0 Å². The Kier molecular flexibility index (Phi) is 4.22. The molecule has 1 aromatic carbocycles. The second-order valence-corrected chi connectivity index (χ2v) is 4.54. The van der Waals surface area contributed by atoms with Gasteiger partial charge in [-0.25, -0.2) is 4.39 Å². The summed E-state index contributed by atoms with van der Waals surface area (Å²) >= 11 is 0. The smallest absolute Gasteiger partial charge is 0.234 e. The summed E-state index contributed by atoms with van der Waals surface area (Å²) in [4.78, 5) is 11.3. The fourth-order valence-electron chi connectivity index (χ4n) is 1.66. The Morgan fingerprint density at radius 1 is 1.47 bits per heavy atom. The van der Waals surface area contributed by atoms with Crippen LogP contribution in [0.15, 0.2) is 24.3 Å². The number of nitriles is 1. The number of hydrogen-bond acceptors (Lipinski definition) is 2. The highest BCUT2D eigenvalue weighted by atomic mass is 19.1. The van der Waals surface area contributed by atoms with Crippen molar-refractivity contribution in [3.63, 3.8) is 0 Å². The van der Waals surface area contributed by atoms with Crippen LogP contribution in [0.2, 0.25) is 0 Å². The van der Waals surface area contributed by atoms with E-state index < -0.39 is 5.54 Å². The minimum Gasteiger partial charge on any atom is -0.350 e. The third-order valence-electron chi connectivity index (χ3n) is 2.31. The highest BCUT2D eigenvalue weighted by Crippen LogP contribution is 2.15. The predicted molar refractivity (Wildman–Crippen MR) is 62.6 cm³/mol. The molecule has 0 atom stereocenters. The zero-order valence-corrected chi connectivity index (χ0v) is 9.96. The van der Waals surface area contributed by atoms with Gasteiger partial charge in [0.1, 0.15) is 12.2 Å². The second kappa shape index (κ2) is 5.44. The number of benzene rings is 1. The lowest BCUT2D eigenvalue weighted by atomic mass is 9.94. The van der Waals surface area contributed by atoms with E-state index in [2.05, 4.69) is 5.32 Å². The number of hydrogen-bond donors (Lipinski definition) is 1. The molecule has 90 valence electrons. The normalized spacial score (nSPS) is 10.7. The van der Waals surface area contributed by atoms with E-state index >= 15 is 0 Å². The van der Waals surface area contributed by atoms with Crippen LogP contribution in [0.25, 0.3) is 0 Å². The number of carbonyl (C=O) groups is 1. The zero-order chi connectivity index (χ0) is 12.9. The Bertz CT molecular complexity index is 449. The van der Waals surface area contributed by atoms with Crippen LogP contribution in [0, 0.1) is 17.1 Å². The van der Waals surface area contributed by atoms with Crippen molar-refractivity contribution in [3.8, 4) is 6.07 Å². The van der Waals surface area contributed by atoms with Gasteiger partial charge in [-0.05, 0) is 31.9 Å². The average molecular weight is 234 g/mol. The number of halogens is 1. The van der Waals surface area contributed by atoms with Gasteiger partial charge in [-0.3, -0.25) is 4.79 Å². The number of amides is 1. The van der Waals surface area contributed by atoms with Gasteiger partial charge in [-0.15, -0.1) is 0 Å². The summed E-state index contributed by atoms with van der Waals surface area (Å²) in [7, 11) is 0. The Morgan fingerprint density at radius 3 is 2.71 bits per heavy atom. The summed E-state index contributed by atoms with van der Waals surface area (Å²) < 4.78 is 13.4. The molecule has 0 aliphatic heterocycles. The maximum absolute atomic E-state index is 13.4. The molecule has 0 bridgehead atoms. The number of carbonyl (C=O) groups excluding carboxylic acids is 1. The fourth-order valence-corrected chi connectivity index (χ4v) is 1.66. The molecular weight excluding hydrogens is 219 g/mol. The van der Waals surface area contributed by atoms with Crippen LogP contribution in [0.5, 0.6) is 0 Å². The molecule has 0 aromatic heterocycles. The number of rotatable bonds is 4. The van der Waals surface area contributed by atoms with Crippen molar-refractivity contribution in [1.82, 2.24) is 5.32 Å². The van der Waals surface area contributed by atoms with Crippen LogP contribution in [0.4, 0.5) is 4.39 Å². The van der Waals surface area contributed by atoms with Crippen LogP contribution in [-0.2, 0) is 11.2 Å². The van der Waals surface area contributed by atoms with Crippen LogP contribution < -0.4 is 5.32 Å². The highest BCUT2D eigenvalue weighted by molar-refractivity contribution is 5.78. The summed E-state index contributed by atoms with van der Waals surface area (Å²) in [5, 5.41) is 11.1. The molecule has 0 saturated heterocycles. The van der Waals surface area contributed by atoms with Gasteiger partial charge in [-0.2, -0.15) is 5.26 Å². The SMILES string of the molecule is CC(C)(Cc1ccccc1F)NC(=O)CC#N. The first-order chi connectivity index (χ1) is 7.94. The first-order valence-corrected chi connectivity index (χ1v) is 5.36. The molecule has 0 radical (unpaired) electrons. The Morgan fingerprint density at radius 2 is 2.12 bits per heavy atom. The first-order valence-electron chi connectivity index (χ1n) is 5.36. The lowest BCUT2D eigenvalue weighted by molar-refractivity contribution is -0.121. The van der Waals surface area contributed by atoms with Gasteiger partial charge in [0, 0.05) is 5.54 Å². The quantitative estimate of drug-likeness (QED) is 0.868. The molecule has 0 saturated carbocycles. The van der Waals surface area contributed by atoms with E-state index in [0.29, 0.717) is 12.0 Å². The molecule has 0 fully saturated rings. The molecule has 1 N–H and O–H groups in total. The van der Waals surface area contributed by atoms with Crippen molar-refractivity contribution >= 4 is 5.91 Å². The van der Waals surface area contributed by atoms with Crippen molar-refractivity contribution < 1.29 is 9.18 Å². The third kappa shape index (κ3) is 4.23. The Balaban J connectivity index is 2.70. The van der Waals surface area contributed by atoms with Gasteiger partial charge in [0.2, 0.25) is 5.91 Å². The number of nitrogens with zero attached hydrogens (tertiary/aromatic N) is 1. The summed E-state index contributed by atoms with van der Waals surface area (Å²) in [6.45, 7) is 3.60. The van der Waals surface area contributed by atoms with Crippen molar-refractivity contribution in [3.05, 3.63) is 35.6 Å². The highest BCUT2D eigenvalue weighted by Gasteiger charge is 2.22. The molecule has 1 amide bonds. The summed E-state index contributed by atoms with van der Waals surface area (Å²) in [5.74, 6) is -0.621. The minimum atomic E-state index is -0.573. The van der Waals surface area contributed by atoms with Crippen LogP contribution >= 0.6 is 0 Å². The monoisotopic (exact) mass is 234 g/mol. The lowest BCUT2D eigenvalue weighted by Gasteiger charge is -2.26. The molecule has 1 rings (SSSR count). The Labute approximate surface area is 100 Å². The third-order valence-corrected chi connectivity index (χ3v) is 2.31. The molecule has 0 unspecified atom stereocenters. The molecule has 1 aromatic rings. The Hall–Kier alpha value is -1.89. The molecule has 0 spiro atoms. The van der Waals surface area contributed by atoms with E-state index in [1.807, 2.05) is 0 Å². The second-order valence-electron chi connectivity index (χ2n) is 4.54.